The van der Waals surface area contributed by atoms with Gasteiger partial charge in [0.2, 0.25) is 0 Å². The first-order chi connectivity index (χ1) is 22.3. The fourth-order valence-corrected chi connectivity index (χ4v) is 4.18. The van der Waals surface area contributed by atoms with E-state index < -0.39 is 5.97 Å². The predicted molar refractivity (Wildman–Crippen MR) is 182 cm³/mol. The average molecular weight is 640 g/mol. The van der Waals surface area contributed by atoms with Crippen molar-refractivity contribution in [2.24, 2.45) is 5.73 Å². The largest absolute Gasteiger partial charge is 0.494 e. The Hall–Kier alpha value is -4.14. The summed E-state index contributed by atoms with van der Waals surface area (Å²) < 4.78 is 15.8. The van der Waals surface area contributed by atoms with Crippen LogP contribution in [0.3, 0.4) is 0 Å². The van der Waals surface area contributed by atoms with E-state index in [9.17, 15) is 9.59 Å². The molecule has 0 spiro atoms. The molecule has 2 aromatic rings. The molecule has 0 radical (unpaired) electrons. The molecule has 0 aliphatic rings. The van der Waals surface area contributed by atoms with E-state index in [4.69, 9.17) is 32.3 Å². The summed E-state index contributed by atoms with van der Waals surface area (Å²) in [5.74, 6) is 0.832. The van der Waals surface area contributed by atoms with E-state index in [2.05, 4.69) is 20.2 Å². The number of hydrogen-bond acceptors (Lipinski definition) is 8. The molecule has 2 aromatic carbocycles. The van der Waals surface area contributed by atoms with Crippen LogP contribution < -0.4 is 25.8 Å². The topological polar surface area (TPSA) is 160 Å². The standard InChI is InChI=1S/C18H26N2O3.C17H27N3O3/c1-19-16-9-11-17(12-10-16)23-15-7-6-14-20-13-5-3-4-8-18(21)22-2;18-17(19)14-7-9-15(10-8-14)23-13-5-4-12-20-11-3-1-2-6-16(21)22/h9-12,20H,3-8,13-15H2,2H3;7-10,20H,1-6,11-13H2,(H3,18,19)(H,21,22). The van der Waals surface area contributed by atoms with E-state index in [0.717, 1.165) is 102 Å². The first-order valence-corrected chi connectivity index (χ1v) is 16.2. The second kappa shape index (κ2) is 27.2. The minimum Gasteiger partial charge on any atom is -0.494 e. The first-order valence-electron chi connectivity index (χ1n) is 16.2. The van der Waals surface area contributed by atoms with Crippen LogP contribution in [0, 0.1) is 12.0 Å². The normalized spacial score (nSPS) is 10.3. The van der Waals surface area contributed by atoms with E-state index in [1.165, 1.54) is 7.11 Å². The second-order valence-corrected chi connectivity index (χ2v) is 10.7. The van der Waals surface area contributed by atoms with E-state index >= 15 is 0 Å². The average Bonchev–Trinajstić information content (AvgIpc) is 3.06. The summed E-state index contributed by atoms with van der Waals surface area (Å²) >= 11 is 0. The summed E-state index contributed by atoms with van der Waals surface area (Å²) in [4.78, 5) is 24.6. The van der Waals surface area contributed by atoms with Gasteiger partial charge in [0.1, 0.15) is 17.3 Å². The molecule has 11 nitrogen and oxygen atoms in total. The fraction of sp³-hybridized carbons (Fsp3) is 0.543. The number of nitrogens with zero attached hydrogens (tertiary/aromatic N) is 1. The molecular formula is C35H53N5O6. The molecule has 11 heteroatoms. The highest BCUT2D eigenvalue weighted by molar-refractivity contribution is 5.94. The SMILES string of the molecule is N=C(N)c1ccc(OCCCCNCCCCCC(=O)O)cc1.[C-]#[N+]c1ccc(OCCCCNCCCCCC(=O)OC)cc1. The molecule has 0 bridgehead atoms. The van der Waals surface area contributed by atoms with Gasteiger partial charge in [0.25, 0.3) is 0 Å². The van der Waals surface area contributed by atoms with Crippen LogP contribution in [0.15, 0.2) is 48.5 Å². The molecule has 0 saturated carbocycles. The van der Waals surface area contributed by atoms with Crippen LogP contribution in [0.25, 0.3) is 4.85 Å². The van der Waals surface area contributed by atoms with Crippen molar-refractivity contribution in [3.8, 4) is 11.5 Å². The number of hydrogen-bond donors (Lipinski definition) is 5. The number of carboxylic acid groups (broad SMARTS) is 1. The van der Waals surface area contributed by atoms with Crippen molar-refractivity contribution in [2.45, 2.75) is 77.0 Å². The van der Waals surface area contributed by atoms with Gasteiger partial charge in [-0.05, 0) is 114 Å². The third-order valence-electron chi connectivity index (χ3n) is 6.87. The first kappa shape index (κ1) is 39.9. The molecule has 6 N–H and O–H groups in total. The van der Waals surface area contributed by atoms with Gasteiger partial charge in [-0.25, -0.2) is 4.85 Å². The Kier molecular flexibility index (Phi) is 23.6. The van der Waals surface area contributed by atoms with Gasteiger partial charge in [0, 0.05) is 18.4 Å². The van der Waals surface area contributed by atoms with Crippen LogP contribution in [-0.4, -0.2) is 69.4 Å². The summed E-state index contributed by atoms with van der Waals surface area (Å²) in [6.07, 6.45) is 10.6. The third-order valence-corrected chi connectivity index (χ3v) is 6.87. The molecule has 0 aliphatic heterocycles. The Morgan fingerprint density at radius 1 is 0.739 bits per heavy atom. The second-order valence-electron chi connectivity index (χ2n) is 10.7. The summed E-state index contributed by atoms with van der Waals surface area (Å²) in [6.45, 7) is 12.1. The molecule has 0 heterocycles. The van der Waals surface area contributed by atoms with Crippen LogP contribution in [0.2, 0.25) is 0 Å². The van der Waals surface area contributed by atoms with E-state index in [0.29, 0.717) is 30.9 Å². The number of methoxy groups -OCH3 is 1. The lowest BCUT2D eigenvalue weighted by Crippen LogP contribution is -2.17. The predicted octanol–water partition coefficient (Wildman–Crippen LogP) is 6.08. The number of benzene rings is 2. The summed E-state index contributed by atoms with van der Waals surface area (Å²) in [5, 5.41) is 22.6. The maximum absolute atomic E-state index is 10.9. The monoisotopic (exact) mass is 639 g/mol. The van der Waals surface area contributed by atoms with Crippen molar-refractivity contribution >= 4 is 23.5 Å². The molecule has 0 atom stereocenters. The Morgan fingerprint density at radius 2 is 1.20 bits per heavy atom. The molecule has 0 aliphatic carbocycles. The summed E-state index contributed by atoms with van der Waals surface area (Å²) in [7, 11) is 1.43. The van der Waals surface area contributed by atoms with Crippen LogP contribution in [-0.2, 0) is 14.3 Å². The maximum atomic E-state index is 10.9. The fourth-order valence-electron chi connectivity index (χ4n) is 4.18. The highest BCUT2D eigenvalue weighted by atomic mass is 16.5. The van der Waals surface area contributed by atoms with Crippen LogP contribution in [0.1, 0.15) is 82.6 Å². The number of esters is 1. The Bertz CT molecular complexity index is 1140. The van der Waals surface area contributed by atoms with Crippen molar-refractivity contribution < 1.29 is 28.9 Å². The number of nitrogen functional groups attached to an aromatic ring is 1. The zero-order chi connectivity index (χ0) is 33.7. The number of amidine groups is 1. The van der Waals surface area contributed by atoms with Crippen LogP contribution in [0.4, 0.5) is 5.69 Å². The Morgan fingerprint density at radius 3 is 1.63 bits per heavy atom. The molecule has 0 saturated heterocycles. The number of rotatable bonds is 25. The molecule has 0 unspecified atom stereocenters. The van der Waals surface area contributed by atoms with Crippen molar-refractivity contribution in [1.82, 2.24) is 10.6 Å². The molecule has 254 valence electrons. The lowest BCUT2D eigenvalue weighted by molar-refractivity contribution is -0.141. The van der Waals surface area contributed by atoms with Gasteiger partial charge in [-0.2, -0.15) is 0 Å². The van der Waals surface area contributed by atoms with Gasteiger partial charge in [-0.1, -0.05) is 25.0 Å². The smallest absolute Gasteiger partial charge is 0.305 e. The van der Waals surface area contributed by atoms with Gasteiger partial charge >= 0.3 is 11.9 Å². The molecule has 0 amide bonds. The van der Waals surface area contributed by atoms with Crippen LogP contribution >= 0.6 is 0 Å². The highest BCUT2D eigenvalue weighted by Gasteiger charge is 2.00. The number of ether oxygens (including phenoxy) is 3. The van der Waals surface area contributed by atoms with Gasteiger partial charge in [0.15, 0.2) is 5.69 Å². The van der Waals surface area contributed by atoms with Gasteiger partial charge in [-0.15, -0.1) is 0 Å². The number of unbranched alkanes of at least 4 members (excludes halogenated alkanes) is 6. The van der Waals surface area contributed by atoms with Crippen molar-refractivity contribution in [3.05, 3.63) is 65.5 Å². The lowest BCUT2D eigenvalue weighted by Gasteiger charge is -2.07. The summed E-state index contributed by atoms with van der Waals surface area (Å²) in [6, 6.07) is 14.4. The Balaban J connectivity index is 0.000000460. The molecular weight excluding hydrogens is 586 g/mol. The van der Waals surface area contributed by atoms with Crippen molar-refractivity contribution in [1.29, 1.82) is 5.41 Å². The number of aliphatic carboxylic acids is 1. The third kappa shape index (κ3) is 22.4. The van der Waals surface area contributed by atoms with Crippen molar-refractivity contribution in [3.63, 3.8) is 0 Å². The van der Waals surface area contributed by atoms with Gasteiger partial charge in [0.05, 0.1) is 26.9 Å². The molecule has 0 aromatic heterocycles. The highest BCUT2D eigenvalue weighted by Crippen LogP contribution is 2.18. The molecule has 0 fully saturated rings. The summed E-state index contributed by atoms with van der Waals surface area (Å²) in [5.41, 5.74) is 6.72. The van der Waals surface area contributed by atoms with E-state index in [1.807, 2.05) is 24.3 Å². The number of nitrogens with two attached hydrogens (primary N) is 1. The quantitative estimate of drug-likeness (QED) is 0.0285. The minimum absolute atomic E-state index is 0.0607. The van der Waals surface area contributed by atoms with Gasteiger partial charge in [-0.3, -0.25) is 15.0 Å². The number of carbonyl (C=O) groups is 2. The maximum Gasteiger partial charge on any atom is 0.305 e. The Labute approximate surface area is 274 Å². The number of carboxylic acids is 1. The van der Waals surface area contributed by atoms with E-state index in [-0.39, 0.29) is 18.2 Å². The molecule has 2 rings (SSSR count). The zero-order valence-corrected chi connectivity index (χ0v) is 27.4. The van der Waals surface area contributed by atoms with Gasteiger partial charge < -0.3 is 35.7 Å². The van der Waals surface area contributed by atoms with Crippen LogP contribution in [0.5, 0.6) is 11.5 Å². The number of nitrogens with one attached hydrogen (secondary N) is 3. The minimum atomic E-state index is -0.714. The van der Waals surface area contributed by atoms with Crippen molar-refractivity contribution in [2.75, 3.05) is 46.5 Å². The molecule has 46 heavy (non-hydrogen) atoms. The lowest BCUT2D eigenvalue weighted by atomic mass is 10.2. The van der Waals surface area contributed by atoms with E-state index in [1.54, 1.807) is 24.3 Å². The number of carbonyl (C=O) groups excluding carboxylic acids is 1. The zero-order valence-electron chi connectivity index (χ0n) is 27.4.